The van der Waals surface area contributed by atoms with Crippen LogP contribution in [0, 0.1) is 20.8 Å². The number of rotatable bonds is 3. The maximum Gasteiger partial charge on any atom is 0.264 e. The highest BCUT2D eigenvalue weighted by atomic mass is 32.2. The van der Waals surface area contributed by atoms with Gasteiger partial charge in [0.05, 0.1) is 10.6 Å². The zero-order chi connectivity index (χ0) is 14.9. The molecule has 106 valence electrons. The van der Waals surface area contributed by atoms with Crippen molar-refractivity contribution in [1.82, 2.24) is 0 Å². The van der Waals surface area contributed by atoms with E-state index in [-0.39, 0.29) is 0 Å². The van der Waals surface area contributed by atoms with Crippen LogP contribution >= 0.6 is 0 Å². The molecular weight excluding hydrogens is 270 g/mol. The van der Waals surface area contributed by atoms with Gasteiger partial charge in [0, 0.05) is 7.05 Å². The van der Waals surface area contributed by atoms with Crippen LogP contribution in [-0.2, 0) is 10.0 Å². The molecule has 0 saturated carbocycles. The Labute approximate surface area is 120 Å². The molecule has 0 N–H and O–H groups in total. The number of hydrogen-bond acceptors (Lipinski definition) is 2. The van der Waals surface area contributed by atoms with Crippen molar-refractivity contribution >= 4 is 15.7 Å². The predicted octanol–water partition coefficient (Wildman–Crippen LogP) is 3.44. The molecule has 0 amide bonds. The maximum atomic E-state index is 12.7. The largest absolute Gasteiger partial charge is 0.269 e. The van der Waals surface area contributed by atoms with E-state index in [1.54, 1.807) is 19.2 Å². The normalized spacial score (nSPS) is 11.4. The number of sulfonamides is 1. The van der Waals surface area contributed by atoms with Gasteiger partial charge in [-0.3, -0.25) is 4.31 Å². The van der Waals surface area contributed by atoms with Gasteiger partial charge in [-0.2, -0.15) is 0 Å². The molecule has 0 saturated heterocycles. The number of aryl methyl sites for hydroxylation is 3. The zero-order valence-corrected chi connectivity index (χ0v) is 13.0. The summed E-state index contributed by atoms with van der Waals surface area (Å²) in [7, 11) is -1.92. The van der Waals surface area contributed by atoms with E-state index in [9.17, 15) is 8.42 Å². The Hall–Kier alpha value is -1.81. The van der Waals surface area contributed by atoms with Crippen LogP contribution in [0.2, 0.25) is 0 Å². The van der Waals surface area contributed by atoms with E-state index in [0.29, 0.717) is 4.90 Å². The van der Waals surface area contributed by atoms with E-state index in [2.05, 4.69) is 0 Å². The smallest absolute Gasteiger partial charge is 0.264 e. The summed E-state index contributed by atoms with van der Waals surface area (Å²) in [6.45, 7) is 5.78. The van der Waals surface area contributed by atoms with Crippen LogP contribution in [-0.4, -0.2) is 15.5 Å². The van der Waals surface area contributed by atoms with Crippen molar-refractivity contribution in [3.05, 3.63) is 59.2 Å². The average Bonchev–Trinajstić information content (AvgIpc) is 2.38. The Morgan fingerprint density at radius 3 is 1.85 bits per heavy atom. The number of benzene rings is 2. The van der Waals surface area contributed by atoms with E-state index in [0.717, 1.165) is 22.4 Å². The summed E-state index contributed by atoms with van der Waals surface area (Å²) >= 11 is 0. The molecule has 0 aliphatic heterocycles. The third-order valence-electron chi connectivity index (χ3n) is 3.43. The molecule has 0 bridgehead atoms. The third-order valence-corrected chi connectivity index (χ3v) is 5.21. The van der Waals surface area contributed by atoms with E-state index < -0.39 is 10.0 Å². The fourth-order valence-electron chi connectivity index (χ4n) is 2.29. The molecule has 2 aromatic rings. The van der Waals surface area contributed by atoms with Crippen LogP contribution in [0.5, 0.6) is 0 Å². The van der Waals surface area contributed by atoms with Crippen molar-refractivity contribution in [3.63, 3.8) is 0 Å². The highest BCUT2D eigenvalue weighted by Crippen LogP contribution is 2.28. The second kappa shape index (κ2) is 5.29. The minimum Gasteiger partial charge on any atom is -0.269 e. The fourth-order valence-corrected chi connectivity index (χ4v) is 3.62. The SMILES string of the molecule is Cc1ccc(S(=O)(=O)N(C)c2c(C)cccc2C)cc1. The Morgan fingerprint density at radius 1 is 0.850 bits per heavy atom. The van der Waals surface area contributed by atoms with Crippen LogP contribution in [0.4, 0.5) is 5.69 Å². The number of nitrogens with zero attached hydrogens (tertiary/aromatic N) is 1. The lowest BCUT2D eigenvalue weighted by atomic mass is 10.1. The van der Waals surface area contributed by atoms with Gasteiger partial charge in [-0.05, 0) is 44.0 Å². The third kappa shape index (κ3) is 2.56. The van der Waals surface area contributed by atoms with Crippen LogP contribution in [0.25, 0.3) is 0 Å². The lowest BCUT2D eigenvalue weighted by molar-refractivity contribution is 0.594. The Balaban J connectivity index is 2.52. The Bertz CT molecular complexity index is 698. The molecule has 0 radical (unpaired) electrons. The first-order chi connectivity index (χ1) is 9.34. The molecule has 0 fully saturated rings. The highest BCUT2D eigenvalue weighted by Gasteiger charge is 2.23. The first-order valence-corrected chi connectivity index (χ1v) is 7.90. The van der Waals surface area contributed by atoms with Gasteiger partial charge in [0.15, 0.2) is 0 Å². The van der Waals surface area contributed by atoms with E-state index in [1.165, 1.54) is 4.31 Å². The van der Waals surface area contributed by atoms with Crippen LogP contribution in [0.15, 0.2) is 47.4 Å². The van der Waals surface area contributed by atoms with E-state index >= 15 is 0 Å². The number of para-hydroxylation sites is 1. The van der Waals surface area contributed by atoms with E-state index in [1.807, 2.05) is 51.1 Å². The van der Waals surface area contributed by atoms with Gasteiger partial charge in [0.1, 0.15) is 0 Å². The second-order valence-electron chi connectivity index (χ2n) is 5.03. The fraction of sp³-hybridized carbons (Fsp3) is 0.250. The molecule has 0 heterocycles. The maximum absolute atomic E-state index is 12.7. The first-order valence-electron chi connectivity index (χ1n) is 6.46. The predicted molar refractivity (Wildman–Crippen MR) is 82.7 cm³/mol. The van der Waals surface area contributed by atoms with E-state index in [4.69, 9.17) is 0 Å². The second-order valence-corrected chi connectivity index (χ2v) is 7.00. The molecule has 0 atom stereocenters. The molecule has 2 aromatic carbocycles. The first kappa shape index (κ1) is 14.6. The molecule has 3 nitrogen and oxygen atoms in total. The monoisotopic (exact) mass is 289 g/mol. The summed E-state index contributed by atoms with van der Waals surface area (Å²) in [5.41, 5.74) is 3.68. The molecule has 20 heavy (non-hydrogen) atoms. The number of anilines is 1. The van der Waals surface area contributed by atoms with Gasteiger partial charge in [0.2, 0.25) is 0 Å². The Morgan fingerprint density at radius 2 is 1.35 bits per heavy atom. The lowest BCUT2D eigenvalue weighted by Crippen LogP contribution is -2.27. The summed E-state index contributed by atoms with van der Waals surface area (Å²) in [5, 5.41) is 0. The molecule has 0 aromatic heterocycles. The van der Waals surface area contributed by atoms with Gasteiger partial charge in [0.25, 0.3) is 10.0 Å². The topological polar surface area (TPSA) is 37.4 Å². The highest BCUT2D eigenvalue weighted by molar-refractivity contribution is 7.92. The number of hydrogen-bond donors (Lipinski definition) is 0. The minimum absolute atomic E-state index is 0.313. The standard InChI is InChI=1S/C16H19NO2S/c1-12-8-10-15(11-9-12)20(18,19)17(4)16-13(2)6-5-7-14(16)3/h5-11H,1-4H3. The van der Waals surface area contributed by atoms with Crippen molar-refractivity contribution in [2.45, 2.75) is 25.7 Å². The van der Waals surface area contributed by atoms with Gasteiger partial charge < -0.3 is 0 Å². The van der Waals surface area contributed by atoms with Gasteiger partial charge >= 0.3 is 0 Å². The molecule has 0 aliphatic carbocycles. The van der Waals surface area contributed by atoms with Crippen molar-refractivity contribution in [2.24, 2.45) is 0 Å². The molecule has 0 unspecified atom stereocenters. The molecule has 0 aliphatic rings. The van der Waals surface area contributed by atoms with Crippen molar-refractivity contribution in [3.8, 4) is 0 Å². The van der Waals surface area contributed by atoms with Crippen LogP contribution in [0.3, 0.4) is 0 Å². The molecular formula is C16H19NO2S. The average molecular weight is 289 g/mol. The van der Waals surface area contributed by atoms with Crippen molar-refractivity contribution in [1.29, 1.82) is 0 Å². The lowest BCUT2D eigenvalue weighted by Gasteiger charge is -2.23. The quantitative estimate of drug-likeness (QED) is 0.868. The Kier molecular flexibility index (Phi) is 3.86. The summed E-state index contributed by atoms with van der Waals surface area (Å²) in [5.74, 6) is 0. The summed E-state index contributed by atoms with van der Waals surface area (Å²) in [4.78, 5) is 0.313. The van der Waals surface area contributed by atoms with Crippen LogP contribution in [0.1, 0.15) is 16.7 Å². The zero-order valence-electron chi connectivity index (χ0n) is 12.2. The molecule has 2 rings (SSSR count). The van der Waals surface area contributed by atoms with Gasteiger partial charge in [-0.1, -0.05) is 35.9 Å². The van der Waals surface area contributed by atoms with Gasteiger partial charge in [-0.15, -0.1) is 0 Å². The van der Waals surface area contributed by atoms with Gasteiger partial charge in [-0.25, -0.2) is 8.42 Å². The summed E-state index contributed by atoms with van der Waals surface area (Å²) < 4.78 is 26.7. The van der Waals surface area contributed by atoms with Crippen molar-refractivity contribution in [2.75, 3.05) is 11.4 Å². The van der Waals surface area contributed by atoms with Crippen molar-refractivity contribution < 1.29 is 8.42 Å². The molecule has 0 spiro atoms. The summed E-state index contributed by atoms with van der Waals surface area (Å²) in [6, 6.07) is 12.7. The minimum atomic E-state index is -3.52. The summed E-state index contributed by atoms with van der Waals surface area (Å²) in [6.07, 6.45) is 0. The molecule has 4 heteroatoms. The van der Waals surface area contributed by atoms with Crippen LogP contribution < -0.4 is 4.31 Å².